The fourth-order valence-electron chi connectivity index (χ4n) is 3.81. The summed E-state index contributed by atoms with van der Waals surface area (Å²) in [7, 11) is 7.32. The molecule has 0 saturated heterocycles. The predicted molar refractivity (Wildman–Crippen MR) is 105 cm³/mol. The van der Waals surface area contributed by atoms with E-state index >= 15 is 0 Å². The molecule has 0 aromatic carbocycles. The molecule has 0 rings (SSSR count). The van der Waals surface area contributed by atoms with Crippen LogP contribution in [0.3, 0.4) is 0 Å². The molecule has 6 heteroatoms. The van der Waals surface area contributed by atoms with Gasteiger partial charge in [-0.05, 0) is 53.9 Å². The van der Waals surface area contributed by atoms with Crippen LogP contribution in [-0.4, -0.2) is 74.2 Å². The summed E-state index contributed by atoms with van der Waals surface area (Å²) in [5, 5.41) is 0. The lowest BCUT2D eigenvalue weighted by molar-refractivity contribution is -0.186. The molecule has 0 heterocycles. The van der Waals surface area contributed by atoms with E-state index in [9.17, 15) is 9.59 Å². The minimum Gasteiger partial charge on any atom is -0.464 e. The first-order chi connectivity index (χ1) is 12.2. The van der Waals surface area contributed by atoms with Gasteiger partial charge in [-0.15, -0.1) is 0 Å². The quantitative estimate of drug-likeness (QED) is 0.366. The molecule has 0 aromatic rings. The number of hydrogen-bond acceptors (Lipinski definition) is 6. The van der Waals surface area contributed by atoms with Gasteiger partial charge in [0.15, 0.2) is 0 Å². The third kappa shape index (κ3) is 4.77. The fraction of sp³-hybridized carbons (Fsp3) is 0.900. The van der Waals surface area contributed by atoms with Crippen LogP contribution in [0.15, 0.2) is 0 Å². The molecule has 2 atom stereocenters. The lowest BCUT2D eigenvalue weighted by atomic mass is 9.70. The van der Waals surface area contributed by atoms with Crippen LogP contribution in [0.2, 0.25) is 0 Å². The Labute approximate surface area is 160 Å². The minimum absolute atomic E-state index is 0.360. The van der Waals surface area contributed by atoms with Gasteiger partial charge in [-0.3, -0.25) is 9.80 Å². The number of carbonyl (C=O) groups is 2. The zero-order valence-corrected chi connectivity index (χ0v) is 18.2. The molecule has 0 aliphatic carbocycles. The van der Waals surface area contributed by atoms with Gasteiger partial charge in [0.05, 0.1) is 13.2 Å². The summed E-state index contributed by atoms with van der Waals surface area (Å²) in [6.07, 6.45) is 4.39. The molecule has 0 aromatic heterocycles. The van der Waals surface area contributed by atoms with Gasteiger partial charge in [0.25, 0.3) is 0 Å². The highest BCUT2D eigenvalue weighted by molar-refractivity contribution is 5.94. The van der Waals surface area contributed by atoms with Crippen LogP contribution in [0.4, 0.5) is 0 Å². The van der Waals surface area contributed by atoms with Crippen molar-refractivity contribution in [1.82, 2.24) is 9.80 Å². The molecule has 0 fully saturated rings. The highest BCUT2D eigenvalue weighted by Crippen LogP contribution is 2.39. The van der Waals surface area contributed by atoms with Gasteiger partial charge in [-0.2, -0.15) is 0 Å². The smallest absolute Gasteiger partial charge is 0.329 e. The Bertz CT molecular complexity index is 400. The molecule has 0 bridgehead atoms. The van der Waals surface area contributed by atoms with E-state index < -0.39 is 11.1 Å². The van der Waals surface area contributed by atoms with E-state index in [4.69, 9.17) is 9.47 Å². The second-order valence-corrected chi connectivity index (χ2v) is 7.20. The average molecular weight is 373 g/mol. The van der Waals surface area contributed by atoms with Gasteiger partial charge in [0, 0.05) is 0 Å². The SMILES string of the molecule is CCCCOC(=O)C(CC)(N(C)C)C(CC)(C(=O)OCCCC)N(C)C. The lowest BCUT2D eigenvalue weighted by Gasteiger charge is -2.52. The molecular weight excluding hydrogens is 332 g/mol. The Morgan fingerprint density at radius 3 is 1.19 bits per heavy atom. The first-order valence-corrected chi connectivity index (χ1v) is 9.92. The van der Waals surface area contributed by atoms with E-state index in [1.807, 2.05) is 65.7 Å². The predicted octanol–water partition coefficient (Wildman–Crippen LogP) is 3.09. The van der Waals surface area contributed by atoms with Gasteiger partial charge in [-0.1, -0.05) is 40.5 Å². The van der Waals surface area contributed by atoms with Crippen molar-refractivity contribution < 1.29 is 19.1 Å². The molecule has 6 nitrogen and oxygen atoms in total. The first-order valence-electron chi connectivity index (χ1n) is 9.92. The van der Waals surface area contributed by atoms with E-state index in [0.29, 0.717) is 26.1 Å². The van der Waals surface area contributed by atoms with Crippen molar-refractivity contribution in [3.8, 4) is 0 Å². The third-order valence-corrected chi connectivity index (χ3v) is 5.37. The third-order valence-electron chi connectivity index (χ3n) is 5.37. The van der Waals surface area contributed by atoms with Crippen LogP contribution < -0.4 is 0 Å². The molecule has 0 aliphatic rings. The summed E-state index contributed by atoms with van der Waals surface area (Å²) in [5.74, 6) is -0.720. The number of hydrogen-bond donors (Lipinski definition) is 0. The van der Waals surface area contributed by atoms with Crippen molar-refractivity contribution in [2.24, 2.45) is 0 Å². The summed E-state index contributed by atoms with van der Waals surface area (Å²) in [5.41, 5.74) is -2.25. The average Bonchev–Trinajstić information content (AvgIpc) is 2.59. The number of rotatable bonds is 13. The summed E-state index contributed by atoms with van der Waals surface area (Å²) in [4.78, 5) is 30.2. The van der Waals surface area contributed by atoms with Gasteiger partial charge in [0.2, 0.25) is 0 Å². The number of unbranched alkanes of at least 4 members (excludes halogenated alkanes) is 2. The molecule has 0 N–H and O–H groups in total. The zero-order chi connectivity index (χ0) is 20.4. The molecule has 0 radical (unpaired) electrons. The number of ether oxygens (including phenoxy) is 2. The summed E-state index contributed by atoms with van der Waals surface area (Å²) >= 11 is 0. The molecule has 26 heavy (non-hydrogen) atoms. The number of carbonyl (C=O) groups excluding carboxylic acids is 2. The molecule has 0 amide bonds. The van der Waals surface area contributed by atoms with E-state index in [1.54, 1.807) is 0 Å². The van der Waals surface area contributed by atoms with Crippen LogP contribution in [-0.2, 0) is 19.1 Å². The van der Waals surface area contributed by atoms with E-state index in [-0.39, 0.29) is 11.9 Å². The Hall–Kier alpha value is -1.14. The monoisotopic (exact) mass is 372 g/mol. The van der Waals surface area contributed by atoms with Crippen molar-refractivity contribution in [3.63, 3.8) is 0 Å². The Morgan fingerprint density at radius 2 is 1.00 bits per heavy atom. The van der Waals surface area contributed by atoms with Crippen LogP contribution >= 0.6 is 0 Å². The molecule has 0 aliphatic heterocycles. The number of likely N-dealkylation sites (N-methyl/N-ethyl adjacent to an activating group) is 2. The molecule has 2 unspecified atom stereocenters. The Morgan fingerprint density at radius 1 is 0.692 bits per heavy atom. The van der Waals surface area contributed by atoms with E-state index in [1.165, 1.54) is 0 Å². The topological polar surface area (TPSA) is 59.1 Å². The summed E-state index contributed by atoms with van der Waals surface area (Å²) in [6, 6.07) is 0. The zero-order valence-electron chi connectivity index (χ0n) is 18.2. The van der Waals surface area contributed by atoms with Crippen molar-refractivity contribution in [3.05, 3.63) is 0 Å². The maximum atomic E-state index is 13.3. The van der Waals surface area contributed by atoms with Crippen molar-refractivity contribution in [1.29, 1.82) is 0 Å². The fourth-order valence-corrected chi connectivity index (χ4v) is 3.81. The first kappa shape index (κ1) is 24.9. The van der Waals surface area contributed by atoms with E-state index in [2.05, 4.69) is 0 Å². The number of esters is 2. The minimum atomic E-state index is -1.12. The number of nitrogens with zero attached hydrogens (tertiary/aromatic N) is 2. The Kier molecular flexibility index (Phi) is 11.0. The lowest BCUT2D eigenvalue weighted by Crippen LogP contribution is -2.75. The molecule has 0 spiro atoms. The van der Waals surface area contributed by atoms with Crippen molar-refractivity contribution >= 4 is 11.9 Å². The summed E-state index contributed by atoms with van der Waals surface area (Å²) in [6.45, 7) is 8.68. The highest BCUT2D eigenvalue weighted by Gasteiger charge is 2.63. The van der Waals surface area contributed by atoms with Crippen LogP contribution in [0.1, 0.15) is 66.2 Å². The van der Waals surface area contributed by atoms with Crippen LogP contribution in [0.5, 0.6) is 0 Å². The van der Waals surface area contributed by atoms with Crippen LogP contribution in [0.25, 0.3) is 0 Å². The Balaban J connectivity index is 6.11. The molecular formula is C20H40N2O4. The maximum absolute atomic E-state index is 13.3. The standard InChI is InChI=1S/C20H40N2O4/c1-9-13-15-25-17(23)19(11-3,21(5)6)20(12-4,22(7)8)18(24)26-16-14-10-2/h9-16H2,1-8H3. The van der Waals surface area contributed by atoms with Crippen molar-refractivity contribution in [2.45, 2.75) is 77.3 Å². The van der Waals surface area contributed by atoms with Crippen LogP contribution in [0, 0.1) is 0 Å². The molecule has 0 saturated carbocycles. The highest BCUT2D eigenvalue weighted by atomic mass is 16.5. The second-order valence-electron chi connectivity index (χ2n) is 7.20. The maximum Gasteiger partial charge on any atom is 0.329 e. The van der Waals surface area contributed by atoms with Gasteiger partial charge in [0.1, 0.15) is 11.1 Å². The van der Waals surface area contributed by atoms with Gasteiger partial charge < -0.3 is 9.47 Å². The van der Waals surface area contributed by atoms with Crippen molar-refractivity contribution in [2.75, 3.05) is 41.4 Å². The normalized spacial score (nSPS) is 16.2. The second kappa shape index (κ2) is 11.5. The van der Waals surface area contributed by atoms with Gasteiger partial charge >= 0.3 is 11.9 Å². The largest absolute Gasteiger partial charge is 0.464 e. The van der Waals surface area contributed by atoms with E-state index in [0.717, 1.165) is 25.7 Å². The summed E-state index contributed by atoms with van der Waals surface area (Å²) < 4.78 is 11.2. The van der Waals surface area contributed by atoms with Gasteiger partial charge in [-0.25, -0.2) is 9.59 Å². The molecule has 154 valence electrons.